The molecule has 10 fully saturated rings. The van der Waals surface area contributed by atoms with Crippen LogP contribution in [-0.2, 0) is 80.6 Å². The number of carbonyl (C=O) groups is 2. The van der Waals surface area contributed by atoms with E-state index in [4.69, 9.17) is 71.1 Å². The predicted molar refractivity (Wildman–Crippen MR) is 280 cm³/mol. The molecule has 4 saturated carbocycles. The number of aliphatic hydroxyl groups excluding tert-OH is 5. The highest BCUT2D eigenvalue weighted by molar-refractivity contribution is 5.87. The van der Waals surface area contributed by atoms with Crippen LogP contribution in [0.1, 0.15) is 105 Å². The summed E-state index contributed by atoms with van der Waals surface area (Å²) in [4.78, 5) is 27.3. The molecule has 0 aromatic heterocycles. The van der Waals surface area contributed by atoms with Crippen LogP contribution in [0.4, 0.5) is 0 Å². The molecule has 4 aliphatic carbocycles. The SMILES string of the molecule is COC1CC(OC2CCC3(C)C(CCC4C3C(OC(=O)C=Cc3ccccc3)C(OC(C)=O)C35COC6(C)OC43CCC65)C2)OC(C)C1OC1CC(OC)C(OC2OC(C)C(OC3OC(CO)C(O)C(O)C3O)C(OC)C2O)C(C)O1. The van der Waals surface area contributed by atoms with Crippen LogP contribution in [0.2, 0.25) is 0 Å². The van der Waals surface area contributed by atoms with Gasteiger partial charge in [0, 0.05) is 59.0 Å². The molecule has 6 aliphatic heterocycles. The van der Waals surface area contributed by atoms with E-state index in [1.807, 2.05) is 51.1 Å². The van der Waals surface area contributed by atoms with E-state index < -0.39 is 158 Å². The Labute approximate surface area is 473 Å². The number of benzene rings is 1. The highest BCUT2D eigenvalue weighted by atomic mass is 16.8. The van der Waals surface area contributed by atoms with Crippen LogP contribution in [0.25, 0.3) is 6.08 Å². The van der Waals surface area contributed by atoms with Crippen LogP contribution in [0.15, 0.2) is 36.4 Å². The Morgan fingerprint density at radius 3 is 2.00 bits per heavy atom. The number of rotatable bonds is 16. The average Bonchev–Trinajstić information content (AvgIpc) is 1.53. The molecule has 6 saturated heterocycles. The summed E-state index contributed by atoms with van der Waals surface area (Å²) in [7, 11) is 4.57. The van der Waals surface area contributed by atoms with Gasteiger partial charge in [-0.25, -0.2) is 4.79 Å². The van der Waals surface area contributed by atoms with Crippen molar-refractivity contribution in [3.8, 4) is 0 Å². The highest BCUT2D eigenvalue weighted by Crippen LogP contribution is 2.79. The third kappa shape index (κ3) is 10.4. The molecule has 6 heterocycles. The molecule has 4 bridgehead atoms. The van der Waals surface area contributed by atoms with Crippen LogP contribution in [0.3, 0.4) is 0 Å². The Bertz CT molecular complexity index is 2380. The minimum Gasteiger partial charge on any atom is -0.458 e. The van der Waals surface area contributed by atoms with E-state index in [0.29, 0.717) is 13.0 Å². The summed E-state index contributed by atoms with van der Waals surface area (Å²) >= 11 is 0. The lowest BCUT2D eigenvalue weighted by Gasteiger charge is -2.66. The fourth-order valence-corrected chi connectivity index (χ4v) is 17.1. The summed E-state index contributed by atoms with van der Waals surface area (Å²) in [6.07, 6.45) is -9.79. The second-order valence-corrected chi connectivity index (χ2v) is 25.0. The van der Waals surface area contributed by atoms with Gasteiger partial charge in [-0.05, 0) is 102 Å². The smallest absolute Gasteiger partial charge is 0.331 e. The maximum Gasteiger partial charge on any atom is 0.331 e. The van der Waals surface area contributed by atoms with Gasteiger partial charge in [0.25, 0.3) is 0 Å². The molecule has 10 aliphatic rings. The van der Waals surface area contributed by atoms with Gasteiger partial charge in [0.2, 0.25) is 0 Å². The average molecular weight is 1150 g/mol. The largest absolute Gasteiger partial charge is 0.458 e. The van der Waals surface area contributed by atoms with Crippen molar-refractivity contribution in [1.29, 1.82) is 0 Å². The van der Waals surface area contributed by atoms with E-state index in [1.54, 1.807) is 27.2 Å². The molecule has 81 heavy (non-hydrogen) atoms. The number of ether oxygens (including phenoxy) is 15. The molecule has 22 heteroatoms. The van der Waals surface area contributed by atoms with Crippen molar-refractivity contribution in [3.05, 3.63) is 42.0 Å². The Morgan fingerprint density at radius 2 is 1.33 bits per heavy atom. The van der Waals surface area contributed by atoms with Crippen LogP contribution < -0.4 is 0 Å². The molecular formula is C59H86O22. The van der Waals surface area contributed by atoms with Crippen LogP contribution in [-0.4, -0.2) is 212 Å². The van der Waals surface area contributed by atoms with Gasteiger partial charge >= 0.3 is 11.9 Å². The summed E-state index contributed by atoms with van der Waals surface area (Å²) in [5.74, 6) is -1.66. The second kappa shape index (κ2) is 23.5. The van der Waals surface area contributed by atoms with Gasteiger partial charge in [-0.2, -0.15) is 0 Å². The first kappa shape index (κ1) is 59.9. The Kier molecular flexibility index (Phi) is 17.3. The molecule has 11 rings (SSSR count). The Hall–Kier alpha value is -2.82. The van der Waals surface area contributed by atoms with Crippen molar-refractivity contribution >= 4 is 18.0 Å². The fourth-order valence-electron chi connectivity index (χ4n) is 17.1. The van der Waals surface area contributed by atoms with Crippen molar-refractivity contribution in [1.82, 2.24) is 0 Å². The van der Waals surface area contributed by atoms with Crippen LogP contribution in [0.5, 0.6) is 0 Å². The third-order valence-corrected chi connectivity index (χ3v) is 20.8. The number of methoxy groups -OCH3 is 3. The van der Waals surface area contributed by atoms with Crippen molar-refractivity contribution in [2.45, 2.75) is 240 Å². The first-order chi connectivity index (χ1) is 38.7. The minimum atomic E-state index is -1.67. The molecule has 5 N–H and O–H groups in total. The zero-order chi connectivity index (χ0) is 57.5. The number of carbonyl (C=O) groups excluding carboxylic acids is 2. The zero-order valence-electron chi connectivity index (χ0n) is 47.9. The number of hydrogen-bond donors (Lipinski definition) is 5. The maximum atomic E-state index is 14.1. The normalized spacial score (nSPS) is 51.1. The topological polar surface area (TPSA) is 274 Å². The molecule has 22 nitrogen and oxygen atoms in total. The Morgan fingerprint density at radius 1 is 0.679 bits per heavy atom. The molecule has 29 unspecified atom stereocenters. The molecule has 29 atom stereocenters. The number of hydrogen-bond acceptors (Lipinski definition) is 22. The van der Waals surface area contributed by atoms with Crippen LogP contribution >= 0.6 is 0 Å². The van der Waals surface area contributed by atoms with Crippen molar-refractivity contribution in [2.24, 2.45) is 34.5 Å². The van der Waals surface area contributed by atoms with E-state index in [-0.39, 0.29) is 41.6 Å². The highest BCUT2D eigenvalue weighted by Gasteiger charge is 2.87. The zero-order valence-corrected chi connectivity index (χ0v) is 47.9. The first-order valence-electron chi connectivity index (χ1n) is 29.3. The Balaban J connectivity index is 0.725. The second-order valence-electron chi connectivity index (χ2n) is 25.0. The monoisotopic (exact) mass is 1150 g/mol. The van der Waals surface area contributed by atoms with Gasteiger partial charge in [0.1, 0.15) is 67.1 Å². The first-order valence-corrected chi connectivity index (χ1v) is 29.3. The summed E-state index contributed by atoms with van der Waals surface area (Å²) in [6, 6.07) is 9.62. The fraction of sp³-hybridized carbons (Fsp3) is 0.831. The number of aliphatic hydroxyl groups is 5. The molecule has 0 amide bonds. The molecule has 454 valence electrons. The van der Waals surface area contributed by atoms with Crippen molar-refractivity contribution in [2.75, 3.05) is 34.5 Å². The standard InChI is InChI=1S/C59H86O22/c1-28-48(78-42-25-37(68-8)49(29(2)72-42)79-55-47(66)52(69-9)50(30(3)73-55)80-54-46(65)45(64)44(63)38(26-60)76-54)36(67-7)24-41(71-28)75-34-19-21-56(5)33(23-34)16-17-35-43(56)51(77-40(62)18-15-32-13-11-10-12-14-32)53(74-31(4)61)58-27-70-57(6)39(58)20-22-59(35,58)81-57/h10-15,18,28-30,33-39,41-55,60,63-66H,16-17,19-27H2,1-9H3. The lowest BCUT2D eigenvalue weighted by atomic mass is 9.42. The number of esters is 2. The van der Waals surface area contributed by atoms with Crippen LogP contribution in [0, 0.1) is 34.5 Å². The summed E-state index contributed by atoms with van der Waals surface area (Å²) in [5, 5.41) is 52.5. The third-order valence-electron chi connectivity index (χ3n) is 20.8. The van der Waals surface area contributed by atoms with Crippen molar-refractivity contribution < 1.29 is 106 Å². The van der Waals surface area contributed by atoms with E-state index in [1.165, 1.54) is 20.1 Å². The van der Waals surface area contributed by atoms with E-state index in [9.17, 15) is 35.1 Å². The van der Waals surface area contributed by atoms with Gasteiger partial charge in [-0.15, -0.1) is 0 Å². The van der Waals surface area contributed by atoms with E-state index in [0.717, 1.165) is 50.5 Å². The predicted octanol–water partition coefficient (Wildman–Crippen LogP) is 3.06. The summed E-state index contributed by atoms with van der Waals surface area (Å²) < 4.78 is 95.5. The molecule has 1 aromatic carbocycles. The van der Waals surface area contributed by atoms with E-state index in [2.05, 4.69) is 6.92 Å². The van der Waals surface area contributed by atoms with Gasteiger partial charge in [0.05, 0.1) is 60.9 Å². The van der Waals surface area contributed by atoms with Gasteiger partial charge in [-0.3, -0.25) is 4.79 Å². The van der Waals surface area contributed by atoms with Gasteiger partial charge in [0.15, 0.2) is 30.9 Å². The molecule has 1 spiro atoms. The van der Waals surface area contributed by atoms with Gasteiger partial charge in [-0.1, -0.05) is 37.3 Å². The molecule has 0 radical (unpaired) electrons. The summed E-state index contributed by atoms with van der Waals surface area (Å²) in [5.41, 5.74) is -0.688. The maximum absolute atomic E-state index is 14.1. The lowest BCUT2D eigenvalue weighted by Crippen LogP contribution is -2.74. The van der Waals surface area contributed by atoms with E-state index >= 15 is 0 Å². The minimum absolute atomic E-state index is 0.0103. The molecular weight excluding hydrogens is 1060 g/mol. The molecule has 1 aromatic rings. The number of fused-ring (bicyclic) bond motifs is 3. The lowest BCUT2D eigenvalue weighted by molar-refractivity contribution is -0.373. The summed E-state index contributed by atoms with van der Waals surface area (Å²) in [6.45, 7) is 11.0. The van der Waals surface area contributed by atoms with Gasteiger partial charge < -0.3 is 96.6 Å². The van der Waals surface area contributed by atoms with Crippen molar-refractivity contribution in [3.63, 3.8) is 0 Å². The quantitative estimate of drug-likeness (QED) is 0.0904.